The SMILES string of the molecule is COc1ccnc(C(=O)N2CCN(C)CC2)c1.Nc1nc(NC2=CCC=CC=C2)cc(-c2ccccc2)n1. The van der Waals surface area contributed by atoms with Crippen molar-refractivity contribution in [1.29, 1.82) is 0 Å². The smallest absolute Gasteiger partial charge is 0.272 e. The van der Waals surface area contributed by atoms with E-state index in [9.17, 15) is 4.79 Å². The number of likely N-dealkylation sites (N-methyl/N-ethyl adjacent to an activating group) is 1. The summed E-state index contributed by atoms with van der Waals surface area (Å²) in [5.41, 5.74) is 9.09. The Bertz CT molecular complexity index is 1310. The number of benzene rings is 1. The number of carbonyl (C=O) groups is 1. The van der Waals surface area contributed by atoms with Gasteiger partial charge in [0.25, 0.3) is 5.91 Å². The second-order valence-electron chi connectivity index (χ2n) is 8.85. The number of nitrogens with one attached hydrogen (secondary N) is 1. The van der Waals surface area contributed by atoms with Crippen LogP contribution in [0.15, 0.2) is 90.8 Å². The highest BCUT2D eigenvalue weighted by atomic mass is 16.5. The van der Waals surface area contributed by atoms with Gasteiger partial charge < -0.3 is 25.6 Å². The maximum absolute atomic E-state index is 12.2. The Hall–Kier alpha value is -4.50. The highest BCUT2D eigenvalue weighted by Gasteiger charge is 2.21. The van der Waals surface area contributed by atoms with Crippen LogP contribution >= 0.6 is 0 Å². The van der Waals surface area contributed by atoms with Crippen molar-refractivity contribution in [2.75, 3.05) is 51.4 Å². The van der Waals surface area contributed by atoms with Crippen molar-refractivity contribution in [3.63, 3.8) is 0 Å². The summed E-state index contributed by atoms with van der Waals surface area (Å²) in [6.45, 7) is 3.34. The van der Waals surface area contributed by atoms with Crippen molar-refractivity contribution in [3.05, 3.63) is 96.5 Å². The molecule has 196 valence electrons. The number of anilines is 2. The van der Waals surface area contributed by atoms with Gasteiger partial charge in [-0.25, -0.2) is 4.98 Å². The first-order valence-corrected chi connectivity index (χ1v) is 12.5. The van der Waals surface area contributed by atoms with E-state index in [2.05, 4.69) is 44.4 Å². The molecule has 9 heteroatoms. The van der Waals surface area contributed by atoms with Crippen LogP contribution in [0.3, 0.4) is 0 Å². The lowest BCUT2D eigenvalue weighted by Gasteiger charge is -2.32. The lowest BCUT2D eigenvalue weighted by molar-refractivity contribution is 0.0658. The molecule has 9 nitrogen and oxygen atoms in total. The molecule has 0 unspecified atom stereocenters. The van der Waals surface area contributed by atoms with Gasteiger partial charge >= 0.3 is 0 Å². The van der Waals surface area contributed by atoms with Crippen molar-refractivity contribution in [3.8, 4) is 17.0 Å². The number of nitrogens with zero attached hydrogens (tertiary/aromatic N) is 5. The third kappa shape index (κ3) is 7.50. The Balaban J connectivity index is 0.000000181. The first kappa shape index (κ1) is 26.6. The van der Waals surface area contributed by atoms with Gasteiger partial charge in [-0.05, 0) is 25.6 Å². The highest BCUT2D eigenvalue weighted by molar-refractivity contribution is 5.92. The summed E-state index contributed by atoms with van der Waals surface area (Å²) in [7, 11) is 3.64. The molecular weight excluding hydrogens is 478 g/mol. The minimum absolute atomic E-state index is 0.0167. The number of nitrogens with two attached hydrogens (primary N) is 1. The summed E-state index contributed by atoms with van der Waals surface area (Å²) in [4.78, 5) is 28.8. The van der Waals surface area contributed by atoms with Crippen molar-refractivity contribution >= 4 is 17.7 Å². The fraction of sp³-hybridized carbons (Fsp3) is 0.241. The molecule has 1 saturated heterocycles. The standard InChI is InChI=1S/C17H16N4.C12H17N3O2/c18-17-20-15(13-8-4-3-5-9-13)12-16(21-17)19-14-10-6-1-2-7-11-14;1-14-5-7-15(8-6-14)12(16)11-9-10(17-2)3-4-13-11/h1-6,8-12H,7H2,(H3,18,19,20,21);3-4,9H,5-8H2,1-2H3. The molecule has 2 aromatic heterocycles. The van der Waals surface area contributed by atoms with E-state index in [1.807, 2.05) is 59.5 Å². The van der Waals surface area contributed by atoms with Crippen LogP contribution in [0.25, 0.3) is 11.3 Å². The summed E-state index contributed by atoms with van der Waals surface area (Å²) in [6.07, 6.45) is 12.7. The summed E-state index contributed by atoms with van der Waals surface area (Å²) < 4.78 is 5.09. The zero-order valence-corrected chi connectivity index (χ0v) is 21.7. The minimum atomic E-state index is -0.0167. The molecule has 0 saturated carbocycles. The quantitative estimate of drug-likeness (QED) is 0.529. The Morgan fingerprint density at radius 2 is 1.82 bits per heavy atom. The number of hydrogen-bond donors (Lipinski definition) is 2. The second kappa shape index (κ2) is 13.2. The molecule has 0 bridgehead atoms. The molecule has 1 aliphatic heterocycles. The number of carbonyl (C=O) groups excluding carboxylic acids is 1. The first-order chi connectivity index (χ1) is 18.5. The molecular formula is C29H33N7O2. The predicted octanol–water partition coefficient (Wildman–Crippen LogP) is 4.02. The average Bonchev–Trinajstić information content (AvgIpc) is 3.22. The molecule has 1 amide bonds. The Labute approximate surface area is 223 Å². The molecule has 3 heterocycles. The molecule has 3 aromatic rings. The molecule has 5 rings (SSSR count). The third-order valence-corrected chi connectivity index (χ3v) is 6.06. The fourth-order valence-electron chi connectivity index (χ4n) is 3.93. The van der Waals surface area contributed by atoms with Gasteiger partial charge in [-0.2, -0.15) is 4.98 Å². The molecule has 0 atom stereocenters. The van der Waals surface area contributed by atoms with Crippen LogP contribution in [-0.4, -0.2) is 71.0 Å². The van der Waals surface area contributed by atoms with Crippen molar-refractivity contribution < 1.29 is 9.53 Å². The molecule has 0 radical (unpaired) electrons. The summed E-state index contributed by atoms with van der Waals surface area (Å²) in [5.74, 6) is 1.60. The normalized spacial score (nSPS) is 15.1. The van der Waals surface area contributed by atoms with Crippen LogP contribution in [-0.2, 0) is 0 Å². The van der Waals surface area contributed by atoms with Gasteiger partial charge in [-0.15, -0.1) is 0 Å². The zero-order valence-electron chi connectivity index (χ0n) is 21.7. The number of hydrogen-bond acceptors (Lipinski definition) is 8. The number of methoxy groups -OCH3 is 1. The molecule has 1 aromatic carbocycles. The van der Waals surface area contributed by atoms with Gasteiger partial charge in [0, 0.05) is 55.8 Å². The molecule has 1 fully saturated rings. The van der Waals surface area contributed by atoms with E-state index in [1.54, 1.807) is 25.4 Å². The van der Waals surface area contributed by atoms with E-state index in [-0.39, 0.29) is 11.9 Å². The Morgan fingerprint density at radius 1 is 1.03 bits per heavy atom. The van der Waals surface area contributed by atoms with E-state index >= 15 is 0 Å². The molecule has 2 aliphatic rings. The maximum atomic E-state index is 12.2. The average molecular weight is 512 g/mol. The van der Waals surface area contributed by atoms with E-state index in [4.69, 9.17) is 10.5 Å². The molecule has 0 spiro atoms. The maximum Gasteiger partial charge on any atom is 0.272 e. The van der Waals surface area contributed by atoms with Crippen molar-refractivity contribution in [2.45, 2.75) is 6.42 Å². The lowest BCUT2D eigenvalue weighted by atomic mass is 10.1. The third-order valence-electron chi connectivity index (χ3n) is 6.06. The molecule has 3 N–H and O–H groups in total. The summed E-state index contributed by atoms with van der Waals surface area (Å²) in [6, 6.07) is 15.2. The summed E-state index contributed by atoms with van der Waals surface area (Å²) in [5, 5.41) is 3.28. The number of rotatable bonds is 5. The topological polar surface area (TPSA) is 110 Å². The number of pyridine rings is 1. The largest absolute Gasteiger partial charge is 0.497 e. The molecule has 1 aliphatic carbocycles. The highest BCUT2D eigenvalue weighted by Crippen LogP contribution is 2.21. The van der Waals surface area contributed by atoms with Gasteiger partial charge in [0.2, 0.25) is 5.95 Å². The zero-order chi connectivity index (χ0) is 26.7. The number of piperazine rings is 1. The van der Waals surface area contributed by atoms with E-state index in [0.717, 1.165) is 49.6 Å². The van der Waals surface area contributed by atoms with E-state index in [1.165, 1.54) is 0 Å². The van der Waals surface area contributed by atoms with E-state index < -0.39 is 0 Å². The van der Waals surface area contributed by atoms with Crippen LogP contribution in [0.5, 0.6) is 5.75 Å². The number of allylic oxidation sites excluding steroid dienone is 5. The monoisotopic (exact) mass is 511 g/mol. The van der Waals surface area contributed by atoms with Crippen LogP contribution in [0.4, 0.5) is 11.8 Å². The minimum Gasteiger partial charge on any atom is -0.497 e. The Morgan fingerprint density at radius 3 is 2.58 bits per heavy atom. The fourth-order valence-corrected chi connectivity index (χ4v) is 3.93. The van der Waals surface area contributed by atoms with Gasteiger partial charge in [0.05, 0.1) is 12.8 Å². The number of ether oxygens (including phenoxy) is 1. The van der Waals surface area contributed by atoms with Crippen LogP contribution in [0, 0.1) is 0 Å². The summed E-state index contributed by atoms with van der Waals surface area (Å²) >= 11 is 0. The van der Waals surface area contributed by atoms with Crippen molar-refractivity contribution in [2.24, 2.45) is 0 Å². The number of amides is 1. The van der Waals surface area contributed by atoms with Gasteiger partial charge in [0.1, 0.15) is 17.3 Å². The van der Waals surface area contributed by atoms with Crippen LogP contribution in [0.2, 0.25) is 0 Å². The second-order valence-corrected chi connectivity index (χ2v) is 8.85. The Kier molecular flexibility index (Phi) is 9.20. The first-order valence-electron chi connectivity index (χ1n) is 12.5. The number of aromatic nitrogens is 3. The van der Waals surface area contributed by atoms with Gasteiger partial charge in [-0.3, -0.25) is 9.78 Å². The van der Waals surface area contributed by atoms with Crippen LogP contribution in [0.1, 0.15) is 16.9 Å². The van der Waals surface area contributed by atoms with Crippen LogP contribution < -0.4 is 15.8 Å². The lowest BCUT2D eigenvalue weighted by Crippen LogP contribution is -2.47. The predicted molar refractivity (Wildman–Crippen MR) is 151 cm³/mol. The van der Waals surface area contributed by atoms with Gasteiger partial charge in [0.15, 0.2) is 0 Å². The van der Waals surface area contributed by atoms with Gasteiger partial charge in [-0.1, -0.05) is 54.6 Å². The van der Waals surface area contributed by atoms with E-state index in [0.29, 0.717) is 17.3 Å². The van der Waals surface area contributed by atoms with Crippen molar-refractivity contribution in [1.82, 2.24) is 24.8 Å². The molecule has 38 heavy (non-hydrogen) atoms. The number of nitrogen functional groups attached to an aromatic ring is 1.